The second-order valence-electron chi connectivity index (χ2n) is 14.3. The Morgan fingerprint density at radius 1 is 0.333 bits per heavy atom. The van der Waals surface area contributed by atoms with E-state index >= 15 is 0 Å². The molecule has 0 saturated carbocycles. The first-order valence-corrected chi connectivity index (χ1v) is 19.0. The van der Waals surface area contributed by atoms with E-state index in [0.29, 0.717) is 17.5 Å². The van der Waals surface area contributed by atoms with Crippen LogP contribution in [0.15, 0.2) is 191 Å². The highest BCUT2D eigenvalue weighted by molar-refractivity contribution is 6.25. The maximum atomic E-state index is 7.00. The van der Waals surface area contributed by atoms with E-state index in [1.54, 1.807) is 0 Å². The summed E-state index contributed by atoms with van der Waals surface area (Å²) in [6, 6.07) is 62.4. The molecule has 0 unspecified atom stereocenters. The van der Waals surface area contributed by atoms with Gasteiger partial charge in [0.15, 0.2) is 17.5 Å². The molecule has 0 N–H and O–H groups in total. The fourth-order valence-electron chi connectivity index (χ4n) is 8.55. The number of furan rings is 2. The van der Waals surface area contributed by atoms with Crippen LogP contribution < -0.4 is 0 Å². The van der Waals surface area contributed by atoms with Crippen LogP contribution >= 0.6 is 0 Å². The minimum Gasteiger partial charge on any atom is -0.455 e. The normalized spacial score (nSPS) is 11.9. The largest absolute Gasteiger partial charge is 0.455 e. The Balaban J connectivity index is 1.21. The predicted octanol–water partition coefficient (Wildman–Crippen LogP) is 13.4. The van der Waals surface area contributed by atoms with Crippen LogP contribution in [0.5, 0.6) is 0 Å². The molecule has 12 rings (SSSR count). The van der Waals surface area contributed by atoms with Gasteiger partial charge in [0.1, 0.15) is 22.3 Å². The van der Waals surface area contributed by atoms with Gasteiger partial charge in [0.2, 0.25) is 0 Å². The van der Waals surface area contributed by atoms with Crippen LogP contribution in [-0.2, 0) is 0 Å². The first-order valence-electron chi connectivity index (χ1n) is 19.0. The number of hydrogen-bond acceptors (Lipinski definition) is 5. The van der Waals surface area contributed by atoms with E-state index in [2.05, 4.69) is 95.6 Å². The van der Waals surface area contributed by atoms with Gasteiger partial charge in [-0.25, -0.2) is 15.0 Å². The average Bonchev–Trinajstić information content (AvgIpc) is 3.97. The lowest BCUT2D eigenvalue weighted by atomic mass is 9.98. The number of nitrogens with zero attached hydrogens (tertiary/aromatic N) is 4. The van der Waals surface area contributed by atoms with Crippen LogP contribution in [0.4, 0.5) is 0 Å². The summed E-state index contributed by atoms with van der Waals surface area (Å²) in [5.74, 6) is 1.77. The van der Waals surface area contributed by atoms with Crippen LogP contribution in [-0.4, -0.2) is 19.5 Å². The minimum atomic E-state index is 0.568. The third-order valence-electron chi connectivity index (χ3n) is 11.1. The van der Waals surface area contributed by atoms with Gasteiger partial charge in [-0.3, -0.25) is 0 Å². The summed E-state index contributed by atoms with van der Waals surface area (Å²) in [6.45, 7) is 0. The molecule has 0 fully saturated rings. The summed E-state index contributed by atoms with van der Waals surface area (Å²) in [4.78, 5) is 15.4. The molecule has 8 aromatic carbocycles. The predicted molar refractivity (Wildman–Crippen MR) is 230 cm³/mol. The number of fused-ring (bicyclic) bond motifs is 10. The monoisotopic (exact) mass is 730 g/mol. The summed E-state index contributed by atoms with van der Waals surface area (Å²) in [5, 5.41) is 6.29. The summed E-state index contributed by atoms with van der Waals surface area (Å²) < 4.78 is 16.0. The van der Waals surface area contributed by atoms with Crippen molar-refractivity contribution < 1.29 is 8.83 Å². The van der Waals surface area contributed by atoms with E-state index in [-0.39, 0.29) is 0 Å². The number of para-hydroxylation sites is 2. The van der Waals surface area contributed by atoms with Gasteiger partial charge in [-0.1, -0.05) is 140 Å². The highest BCUT2D eigenvalue weighted by Crippen LogP contribution is 2.46. The van der Waals surface area contributed by atoms with Crippen molar-refractivity contribution in [3.8, 4) is 51.0 Å². The molecular formula is C51H30N4O2. The van der Waals surface area contributed by atoms with Gasteiger partial charge in [-0.15, -0.1) is 0 Å². The van der Waals surface area contributed by atoms with E-state index in [1.807, 2.05) is 91.0 Å². The first-order chi connectivity index (χ1) is 28.3. The zero-order valence-electron chi connectivity index (χ0n) is 30.4. The van der Waals surface area contributed by atoms with Crippen molar-refractivity contribution in [1.29, 1.82) is 0 Å². The molecule has 0 aliphatic heterocycles. The van der Waals surface area contributed by atoms with Crippen molar-refractivity contribution >= 4 is 65.7 Å². The van der Waals surface area contributed by atoms with Gasteiger partial charge < -0.3 is 13.4 Å². The minimum absolute atomic E-state index is 0.568. The average molecular weight is 731 g/mol. The molecule has 266 valence electrons. The fraction of sp³-hybridized carbons (Fsp3) is 0. The molecule has 0 spiro atoms. The quantitative estimate of drug-likeness (QED) is 0.176. The van der Waals surface area contributed by atoms with Gasteiger partial charge in [-0.05, 0) is 48.0 Å². The number of aromatic nitrogens is 4. The van der Waals surface area contributed by atoms with Crippen molar-refractivity contribution in [3.05, 3.63) is 182 Å². The second-order valence-corrected chi connectivity index (χ2v) is 14.3. The Kier molecular flexibility index (Phi) is 6.83. The van der Waals surface area contributed by atoms with E-state index in [4.69, 9.17) is 23.8 Å². The molecule has 0 bridgehead atoms. The Morgan fingerprint density at radius 2 is 0.930 bits per heavy atom. The lowest BCUT2D eigenvalue weighted by Crippen LogP contribution is -2.00. The molecule has 0 amide bonds. The van der Waals surface area contributed by atoms with Gasteiger partial charge in [-0.2, -0.15) is 0 Å². The zero-order valence-corrected chi connectivity index (χ0v) is 30.4. The van der Waals surface area contributed by atoms with Crippen molar-refractivity contribution in [1.82, 2.24) is 19.5 Å². The molecular weight excluding hydrogens is 701 g/mol. The lowest BCUT2D eigenvalue weighted by Gasteiger charge is -2.13. The number of rotatable bonds is 5. The standard InChI is InChI=1S/C51H30N4O2/c1-4-15-31(16-5-1)34-27-29-41(55-39-24-12-10-22-37(39)44-40(55)30-28-36-35-21-11-13-25-42(35)56-48(36)44)46-45-38(23-14-26-43(45)57-47(34)46)51-53-49(32-17-6-2-7-18-32)52-50(54-51)33-19-8-3-9-20-33/h1-30H. The third-order valence-corrected chi connectivity index (χ3v) is 11.1. The van der Waals surface area contributed by atoms with E-state index in [1.165, 1.54) is 0 Å². The van der Waals surface area contributed by atoms with Crippen molar-refractivity contribution in [2.45, 2.75) is 0 Å². The van der Waals surface area contributed by atoms with Crippen molar-refractivity contribution in [2.24, 2.45) is 0 Å². The molecule has 0 radical (unpaired) electrons. The van der Waals surface area contributed by atoms with Crippen molar-refractivity contribution in [2.75, 3.05) is 0 Å². The van der Waals surface area contributed by atoms with Crippen LogP contribution in [0.1, 0.15) is 0 Å². The number of benzene rings is 8. The molecule has 57 heavy (non-hydrogen) atoms. The van der Waals surface area contributed by atoms with Crippen LogP contribution in [0, 0.1) is 0 Å². The number of hydrogen-bond donors (Lipinski definition) is 0. The third kappa shape index (κ3) is 4.81. The van der Waals surface area contributed by atoms with Gasteiger partial charge in [0.25, 0.3) is 0 Å². The lowest BCUT2D eigenvalue weighted by molar-refractivity contribution is 0.670. The highest BCUT2D eigenvalue weighted by atomic mass is 16.3. The Morgan fingerprint density at radius 3 is 1.67 bits per heavy atom. The molecule has 0 atom stereocenters. The smallest absolute Gasteiger partial charge is 0.164 e. The van der Waals surface area contributed by atoms with Crippen molar-refractivity contribution in [3.63, 3.8) is 0 Å². The molecule has 12 aromatic rings. The summed E-state index contributed by atoms with van der Waals surface area (Å²) in [6.07, 6.45) is 0. The zero-order chi connectivity index (χ0) is 37.5. The SMILES string of the molecule is c1ccc(-c2nc(-c3ccccc3)nc(-c3cccc4oc5c(-c6ccccc6)ccc(-n6c7ccccc7c7c8oc9ccccc9c8ccc76)c5c34)n2)cc1. The molecule has 6 nitrogen and oxygen atoms in total. The van der Waals surface area contributed by atoms with E-state index < -0.39 is 0 Å². The molecule has 0 aliphatic carbocycles. The highest BCUT2D eigenvalue weighted by Gasteiger charge is 2.25. The molecule has 0 aliphatic rings. The summed E-state index contributed by atoms with van der Waals surface area (Å²) in [5.41, 5.74) is 11.1. The fourth-order valence-corrected chi connectivity index (χ4v) is 8.55. The Hall–Kier alpha value is -7.83. The Bertz CT molecular complexity index is 3450. The second kappa shape index (κ2) is 12.3. The Labute approximate surface area is 325 Å². The summed E-state index contributed by atoms with van der Waals surface area (Å²) >= 11 is 0. The molecule has 4 heterocycles. The molecule has 6 heteroatoms. The van der Waals surface area contributed by atoms with Gasteiger partial charge in [0.05, 0.1) is 27.5 Å². The maximum absolute atomic E-state index is 7.00. The van der Waals surface area contributed by atoms with Crippen LogP contribution in [0.3, 0.4) is 0 Å². The molecule has 4 aromatic heterocycles. The van der Waals surface area contributed by atoms with E-state index in [0.717, 1.165) is 99.2 Å². The molecule has 0 saturated heterocycles. The topological polar surface area (TPSA) is 69.9 Å². The van der Waals surface area contributed by atoms with Gasteiger partial charge in [0, 0.05) is 43.8 Å². The maximum Gasteiger partial charge on any atom is 0.164 e. The first kappa shape index (κ1) is 31.5. The van der Waals surface area contributed by atoms with Crippen LogP contribution in [0.25, 0.3) is 117 Å². The van der Waals surface area contributed by atoms with E-state index in [9.17, 15) is 0 Å². The van der Waals surface area contributed by atoms with Crippen LogP contribution in [0.2, 0.25) is 0 Å². The van der Waals surface area contributed by atoms with Gasteiger partial charge >= 0.3 is 0 Å². The summed E-state index contributed by atoms with van der Waals surface area (Å²) in [7, 11) is 0.